The van der Waals surface area contributed by atoms with E-state index in [0.717, 1.165) is 0 Å². The summed E-state index contributed by atoms with van der Waals surface area (Å²) in [6.07, 6.45) is -4.66. The van der Waals surface area contributed by atoms with Crippen molar-refractivity contribution in [3.63, 3.8) is 0 Å². The van der Waals surface area contributed by atoms with Crippen LogP contribution in [0.15, 0.2) is 29.4 Å². The smallest absolute Gasteiger partial charge is 0.402 e. The van der Waals surface area contributed by atoms with Gasteiger partial charge in [0.05, 0.1) is 0 Å². The molecule has 0 saturated carbocycles. The van der Waals surface area contributed by atoms with Crippen LogP contribution in [0, 0.1) is 5.92 Å². The number of nitrogens with zero attached hydrogens (tertiary/aromatic N) is 1. The predicted octanol–water partition coefficient (Wildman–Crippen LogP) is 2.64. The van der Waals surface area contributed by atoms with Crippen molar-refractivity contribution in [3.8, 4) is 5.75 Å². The van der Waals surface area contributed by atoms with E-state index in [-0.39, 0.29) is 5.75 Å². The largest absolute Gasteiger partial charge is 0.492 e. The molecule has 1 aromatic rings. The van der Waals surface area contributed by atoms with Gasteiger partial charge in [-0.3, -0.25) is 0 Å². The standard InChI is InChI=1S/C10H10ClF3N2O2/c11-6-2-1-3-7(4-6)18-5-8(9(15)16-17)10(12,13)14/h1-4,8,17H,5H2,(H2,15,16). The van der Waals surface area contributed by atoms with Crippen LogP contribution in [0.1, 0.15) is 0 Å². The summed E-state index contributed by atoms with van der Waals surface area (Å²) in [5, 5.41) is 11.0. The molecule has 1 aromatic carbocycles. The lowest BCUT2D eigenvalue weighted by atomic mass is 10.1. The van der Waals surface area contributed by atoms with Crippen LogP contribution in [-0.4, -0.2) is 23.8 Å². The van der Waals surface area contributed by atoms with Gasteiger partial charge in [0, 0.05) is 5.02 Å². The molecule has 100 valence electrons. The average molecular weight is 283 g/mol. The first-order chi connectivity index (χ1) is 8.34. The first kappa shape index (κ1) is 14.4. The van der Waals surface area contributed by atoms with Crippen LogP contribution in [0.3, 0.4) is 0 Å². The molecule has 18 heavy (non-hydrogen) atoms. The zero-order chi connectivity index (χ0) is 13.8. The highest BCUT2D eigenvalue weighted by Gasteiger charge is 2.43. The Labute approximate surface area is 106 Å². The summed E-state index contributed by atoms with van der Waals surface area (Å²) in [5.74, 6) is -2.96. The Hall–Kier alpha value is -1.63. The van der Waals surface area contributed by atoms with Crippen LogP contribution in [-0.2, 0) is 0 Å². The fourth-order valence-corrected chi connectivity index (χ4v) is 1.33. The van der Waals surface area contributed by atoms with Crippen molar-refractivity contribution in [3.05, 3.63) is 29.3 Å². The second-order valence-corrected chi connectivity index (χ2v) is 3.82. The molecule has 8 heteroatoms. The summed E-state index contributed by atoms with van der Waals surface area (Å²) in [5.41, 5.74) is 4.97. The average Bonchev–Trinajstić information content (AvgIpc) is 2.27. The number of hydrogen-bond acceptors (Lipinski definition) is 3. The lowest BCUT2D eigenvalue weighted by Crippen LogP contribution is -2.40. The minimum absolute atomic E-state index is 0.169. The number of nitrogens with two attached hydrogens (primary N) is 1. The van der Waals surface area contributed by atoms with Gasteiger partial charge in [-0.25, -0.2) is 0 Å². The lowest BCUT2D eigenvalue weighted by Gasteiger charge is -2.19. The Morgan fingerprint density at radius 3 is 2.67 bits per heavy atom. The molecule has 0 saturated heterocycles. The Balaban J connectivity index is 2.75. The summed E-state index contributed by atoms with van der Waals surface area (Å²) >= 11 is 5.65. The third-order valence-corrected chi connectivity index (χ3v) is 2.32. The van der Waals surface area contributed by atoms with Gasteiger partial charge in [0.1, 0.15) is 18.3 Å². The Kier molecular flexibility index (Phi) is 4.66. The maximum Gasteiger partial charge on any atom is 0.402 e. The van der Waals surface area contributed by atoms with Crippen LogP contribution < -0.4 is 10.5 Å². The topological polar surface area (TPSA) is 67.8 Å². The maximum absolute atomic E-state index is 12.6. The first-order valence-electron chi connectivity index (χ1n) is 4.77. The summed E-state index contributed by atoms with van der Waals surface area (Å²) in [6.45, 7) is -0.792. The molecule has 1 atom stereocenters. The van der Waals surface area contributed by atoms with Gasteiger partial charge >= 0.3 is 6.18 Å². The molecular weight excluding hydrogens is 273 g/mol. The van der Waals surface area contributed by atoms with Crippen molar-refractivity contribution in [2.24, 2.45) is 16.8 Å². The number of alkyl halides is 3. The Morgan fingerprint density at radius 1 is 1.50 bits per heavy atom. The van der Waals surface area contributed by atoms with Gasteiger partial charge in [0.25, 0.3) is 0 Å². The number of ether oxygens (including phenoxy) is 1. The van der Waals surface area contributed by atoms with E-state index in [1.54, 1.807) is 6.07 Å². The second kappa shape index (κ2) is 5.81. The van der Waals surface area contributed by atoms with E-state index >= 15 is 0 Å². The molecule has 0 bridgehead atoms. The molecular formula is C10H10ClF3N2O2. The van der Waals surface area contributed by atoms with E-state index in [1.807, 2.05) is 0 Å². The summed E-state index contributed by atoms with van der Waals surface area (Å²) in [7, 11) is 0. The van der Waals surface area contributed by atoms with Gasteiger partial charge < -0.3 is 15.7 Å². The van der Waals surface area contributed by atoms with Crippen LogP contribution >= 0.6 is 11.6 Å². The molecule has 0 spiro atoms. The lowest BCUT2D eigenvalue weighted by molar-refractivity contribution is -0.162. The molecule has 0 aromatic heterocycles. The van der Waals surface area contributed by atoms with Crippen molar-refractivity contribution < 1.29 is 23.1 Å². The minimum Gasteiger partial charge on any atom is -0.492 e. The molecule has 0 amide bonds. The first-order valence-corrected chi connectivity index (χ1v) is 5.15. The van der Waals surface area contributed by atoms with Crippen molar-refractivity contribution in [2.45, 2.75) is 6.18 Å². The minimum atomic E-state index is -4.66. The van der Waals surface area contributed by atoms with Crippen molar-refractivity contribution in [1.29, 1.82) is 0 Å². The fraction of sp³-hybridized carbons (Fsp3) is 0.300. The van der Waals surface area contributed by atoms with E-state index in [2.05, 4.69) is 5.16 Å². The van der Waals surface area contributed by atoms with E-state index in [4.69, 9.17) is 27.3 Å². The molecule has 0 aliphatic rings. The van der Waals surface area contributed by atoms with Crippen LogP contribution in [0.4, 0.5) is 13.2 Å². The molecule has 1 rings (SSSR count). The highest BCUT2D eigenvalue weighted by Crippen LogP contribution is 2.27. The van der Waals surface area contributed by atoms with E-state index < -0.39 is 24.5 Å². The van der Waals surface area contributed by atoms with Gasteiger partial charge in [-0.1, -0.05) is 22.8 Å². The van der Waals surface area contributed by atoms with Gasteiger partial charge in [-0.2, -0.15) is 13.2 Å². The fourth-order valence-electron chi connectivity index (χ4n) is 1.15. The van der Waals surface area contributed by atoms with Gasteiger partial charge in [0.2, 0.25) is 0 Å². The molecule has 0 heterocycles. The highest BCUT2D eigenvalue weighted by molar-refractivity contribution is 6.30. The zero-order valence-corrected chi connectivity index (χ0v) is 9.74. The summed E-state index contributed by atoms with van der Waals surface area (Å²) < 4.78 is 42.6. The number of amidine groups is 1. The van der Waals surface area contributed by atoms with E-state index in [1.165, 1.54) is 18.2 Å². The summed E-state index contributed by atoms with van der Waals surface area (Å²) in [4.78, 5) is 0. The quantitative estimate of drug-likeness (QED) is 0.386. The van der Waals surface area contributed by atoms with Gasteiger partial charge in [0.15, 0.2) is 5.84 Å². The van der Waals surface area contributed by atoms with E-state index in [9.17, 15) is 13.2 Å². The molecule has 0 radical (unpaired) electrons. The number of oxime groups is 1. The molecule has 0 fully saturated rings. The highest BCUT2D eigenvalue weighted by atomic mass is 35.5. The molecule has 0 aliphatic carbocycles. The monoisotopic (exact) mass is 282 g/mol. The van der Waals surface area contributed by atoms with Crippen molar-refractivity contribution >= 4 is 17.4 Å². The normalized spacial score (nSPS) is 14.3. The number of rotatable bonds is 4. The number of halogens is 4. The van der Waals surface area contributed by atoms with Gasteiger partial charge in [-0.05, 0) is 18.2 Å². The van der Waals surface area contributed by atoms with Crippen LogP contribution in [0.2, 0.25) is 5.02 Å². The van der Waals surface area contributed by atoms with Crippen molar-refractivity contribution in [1.82, 2.24) is 0 Å². The van der Waals surface area contributed by atoms with Gasteiger partial charge in [-0.15, -0.1) is 0 Å². The summed E-state index contributed by atoms with van der Waals surface area (Å²) in [6, 6.07) is 5.90. The Morgan fingerprint density at radius 2 is 2.17 bits per heavy atom. The molecule has 4 nitrogen and oxygen atoms in total. The maximum atomic E-state index is 12.6. The molecule has 3 N–H and O–H groups in total. The molecule has 1 unspecified atom stereocenters. The number of hydrogen-bond donors (Lipinski definition) is 2. The van der Waals surface area contributed by atoms with Crippen molar-refractivity contribution in [2.75, 3.05) is 6.61 Å². The SMILES string of the molecule is N/C(=N/O)C(COc1cccc(Cl)c1)C(F)(F)F. The third kappa shape index (κ3) is 3.99. The van der Waals surface area contributed by atoms with E-state index in [0.29, 0.717) is 5.02 Å². The Bertz CT molecular complexity index is 437. The zero-order valence-electron chi connectivity index (χ0n) is 8.99. The molecule has 0 aliphatic heterocycles. The predicted molar refractivity (Wildman–Crippen MR) is 59.9 cm³/mol. The number of benzene rings is 1. The second-order valence-electron chi connectivity index (χ2n) is 3.39. The van der Waals surface area contributed by atoms with Crippen LogP contribution in [0.5, 0.6) is 5.75 Å². The third-order valence-electron chi connectivity index (χ3n) is 2.08. The van der Waals surface area contributed by atoms with Crippen LogP contribution in [0.25, 0.3) is 0 Å².